The van der Waals surface area contributed by atoms with E-state index in [2.05, 4.69) is 215 Å². The van der Waals surface area contributed by atoms with Crippen LogP contribution in [-0.2, 0) is 19.3 Å². The van der Waals surface area contributed by atoms with Gasteiger partial charge >= 0.3 is 0 Å². The van der Waals surface area contributed by atoms with Gasteiger partial charge in [-0.1, -0.05) is 155 Å². The number of nitrogens with zero attached hydrogens (tertiary/aromatic N) is 11. The predicted octanol–water partition coefficient (Wildman–Crippen LogP) is 18.4. The molecule has 22 heteroatoms. The van der Waals surface area contributed by atoms with Gasteiger partial charge in [0.2, 0.25) is 0 Å². The summed E-state index contributed by atoms with van der Waals surface area (Å²) >= 11 is 7.85. The van der Waals surface area contributed by atoms with E-state index in [1.54, 1.807) is 41.3 Å². The molecule has 3 aliphatic heterocycles. The number of benzene rings is 3. The largest absolute Gasteiger partial charge is 0.361 e. The highest BCUT2D eigenvalue weighted by Crippen LogP contribution is 2.34. The van der Waals surface area contributed by atoms with Gasteiger partial charge in [0, 0.05) is 168 Å². The van der Waals surface area contributed by atoms with Gasteiger partial charge in [0.25, 0.3) is 0 Å². The first-order chi connectivity index (χ1) is 52.1. The number of aromatic nitrogens is 9. The fourth-order valence-corrected chi connectivity index (χ4v) is 17.5. The SMILES string of the molecule is CCCCC(CC(=O)c1cnc(Br)s1)Cc1c[nH]c2ccccc12.CCCCC(CC(=O)c1cnc(N2CCN(c3ccccn3)CC2)s1)Cc1c[nH]c2ccccc12.CCCCC(CC(=O)c1cnc(N2CCN(c3ccccn3)CC2)s1)Cc1c[nH]c2ccccc12.c1ccc(N2CCNCC2)nc1. The van der Waals surface area contributed by atoms with Gasteiger partial charge in [0.05, 0.1) is 33.2 Å². The number of piperazine rings is 3. The Balaban J connectivity index is 0.000000140. The molecule has 0 saturated carbocycles. The molecule has 3 unspecified atom stereocenters. The molecule has 4 N–H and O–H groups in total. The predicted molar refractivity (Wildman–Crippen MR) is 443 cm³/mol. The molecular formula is C84H100BrN15O3S3. The second-order valence-corrected chi connectivity index (χ2v) is 32.2. The van der Waals surface area contributed by atoms with Crippen LogP contribution in [0.5, 0.6) is 0 Å². The second-order valence-electron chi connectivity index (χ2n) is 27.8. The number of hydrogen-bond donors (Lipinski definition) is 4. The molecule has 0 radical (unpaired) electrons. The molecule has 0 aliphatic carbocycles. The Morgan fingerprint density at radius 3 is 1.05 bits per heavy atom. The summed E-state index contributed by atoms with van der Waals surface area (Å²) < 4.78 is 0.771. The lowest BCUT2D eigenvalue weighted by Gasteiger charge is -2.35. The van der Waals surface area contributed by atoms with Crippen LogP contribution in [0.25, 0.3) is 32.7 Å². The molecule has 3 saturated heterocycles. The zero-order valence-corrected chi connectivity index (χ0v) is 65.4. The van der Waals surface area contributed by atoms with Crippen molar-refractivity contribution in [2.24, 2.45) is 17.8 Å². The van der Waals surface area contributed by atoms with E-state index in [1.807, 2.05) is 61.1 Å². The van der Waals surface area contributed by atoms with E-state index in [4.69, 9.17) is 0 Å². The van der Waals surface area contributed by atoms with Crippen LogP contribution in [-0.4, -0.2) is 141 Å². The van der Waals surface area contributed by atoms with Crippen LogP contribution in [0.2, 0.25) is 0 Å². The molecule has 0 amide bonds. The van der Waals surface area contributed by atoms with E-state index < -0.39 is 0 Å². The molecule has 3 aliphatic rings. The number of halogens is 1. The highest BCUT2D eigenvalue weighted by Gasteiger charge is 2.27. The molecule has 106 heavy (non-hydrogen) atoms. The van der Waals surface area contributed by atoms with Gasteiger partial charge in [-0.2, -0.15) is 0 Å². The lowest BCUT2D eigenvalue weighted by molar-refractivity contribution is 0.0953. The Labute approximate surface area is 644 Å². The topological polar surface area (TPSA) is 204 Å². The van der Waals surface area contributed by atoms with Crippen LogP contribution >= 0.6 is 49.9 Å². The monoisotopic (exact) mass is 1540 g/mol. The normalized spacial score (nSPS) is 14.8. The number of hydrogen-bond acceptors (Lipinski definition) is 18. The average Bonchev–Trinajstić information content (AvgIpc) is 1.69. The lowest BCUT2D eigenvalue weighted by Crippen LogP contribution is -2.46. The number of Topliss-reactive ketones (excluding diaryl/α,β-unsaturated/α-hetero) is 3. The Bertz CT molecular complexity index is 4430. The van der Waals surface area contributed by atoms with E-state index in [-0.39, 0.29) is 17.3 Å². The quantitative estimate of drug-likeness (QED) is 0.0322. The summed E-state index contributed by atoms with van der Waals surface area (Å²) in [6, 6.07) is 43.3. The molecule has 0 bridgehead atoms. The van der Waals surface area contributed by atoms with Gasteiger partial charge in [-0.15, -0.1) is 11.3 Å². The molecule has 12 aromatic rings. The van der Waals surface area contributed by atoms with Crippen molar-refractivity contribution in [1.82, 2.24) is 50.2 Å². The van der Waals surface area contributed by atoms with Crippen LogP contribution in [0.15, 0.2) is 187 Å². The standard InChI is InChI=1S/2C28H33N5OS.C19H21BrN2OS.C9H13N3/c2*1-2-3-8-21(17-22-19-30-24-10-5-4-9-23(22)24)18-25(34)26-20-31-28(35-26)33-15-13-32(14-16-33)27-11-6-7-12-29-27;1-2-3-6-13(10-17(23)18-12-22-19(20)24-18)9-14-11-21-16-8-5-4-7-15(14)16;1-2-4-11-9(3-1)12-7-5-10-6-8-12/h2*4-7,9-12,19-21,30H,2-3,8,13-18H2,1H3;4-5,7-8,11-13,21H,2-3,6,9-10H2,1H3;1-4,10H,5-8H2. The van der Waals surface area contributed by atoms with Gasteiger partial charge < -0.3 is 44.8 Å². The molecule has 12 heterocycles. The fourth-order valence-electron chi connectivity index (χ4n) is 14.5. The maximum absolute atomic E-state index is 13.3. The Kier molecular flexibility index (Phi) is 28.7. The first kappa shape index (κ1) is 76.7. The summed E-state index contributed by atoms with van der Waals surface area (Å²) in [6.45, 7) is 18.1. The number of carbonyl (C=O) groups is 3. The number of thiazole rings is 3. The third-order valence-electron chi connectivity index (χ3n) is 20.3. The number of ketones is 3. The van der Waals surface area contributed by atoms with E-state index in [0.717, 1.165) is 202 Å². The number of nitrogens with one attached hydrogen (secondary N) is 4. The molecule has 0 spiro atoms. The zero-order valence-electron chi connectivity index (χ0n) is 61.4. The molecular weight excluding hydrogens is 1440 g/mol. The number of unbranched alkanes of at least 4 members (excludes halogenated alkanes) is 3. The minimum Gasteiger partial charge on any atom is -0.361 e. The molecule has 18 nitrogen and oxygen atoms in total. The van der Waals surface area contributed by atoms with E-state index in [9.17, 15) is 14.4 Å². The van der Waals surface area contributed by atoms with Crippen LogP contribution in [0.1, 0.15) is 144 Å². The van der Waals surface area contributed by atoms with Gasteiger partial charge in [-0.25, -0.2) is 29.9 Å². The Morgan fingerprint density at radius 2 is 0.717 bits per heavy atom. The molecule has 3 aromatic carbocycles. The van der Waals surface area contributed by atoms with Gasteiger partial charge in [-0.05, 0) is 143 Å². The van der Waals surface area contributed by atoms with Crippen LogP contribution < -0.4 is 29.8 Å². The second kappa shape index (κ2) is 39.6. The Morgan fingerprint density at radius 1 is 0.396 bits per heavy atom. The van der Waals surface area contributed by atoms with Crippen LogP contribution in [0, 0.1) is 17.8 Å². The number of anilines is 5. The number of H-pyrrole nitrogens is 3. The maximum Gasteiger partial charge on any atom is 0.186 e. The first-order valence-electron chi connectivity index (χ1n) is 38.0. The number of carbonyl (C=O) groups excluding carboxylic acids is 3. The van der Waals surface area contributed by atoms with Crippen molar-refractivity contribution in [3.63, 3.8) is 0 Å². The number of aromatic amines is 3. The summed E-state index contributed by atoms with van der Waals surface area (Å²) in [7, 11) is 0. The van der Waals surface area contributed by atoms with E-state index in [1.165, 1.54) is 60.7 Å². The highest BCUT2D eigenvalue weighted by atomic mass is 79.9. The first-order valence-corrected chi connectivity index (χ1v) is 41.3. The zero-order chi connectivity index (χ0) is 73.2. The highest BCUT2D eigenvalue weighted by molar-refractivity contribution is 9.11. The number of fused-ring (bicyclic) bond motifs is 3. The summed E-state index contributed by atoms with van der Waals surface area (Å²) in [5.41, 5.74) is 7.43. The molecule has 9 aromatic heterocycles. The summed E-state index contributed by atoms with van der Waals surface area (Å²) in [4.78, 5) is 89.7. The summed E-state index contributed by atoms with van der Waals surface area (Å²) in [5, 5.41) is 9.03. The number of para-hydroxylation sites is 3. The van der Waals surface area contributed by atoms with Crippen molar-refractivity contribution in [3.8, 4) is 0 Å². The van der Waals surface area contributed by atoms with Crippen molar-refractivity contribution < 1.29 is 14.4 Å². The number of rotatable bonds is 29. The lowest BCUT2D eigenvalue weighted by atomic mass is 9.89. The third kappa shape index (κ3) is 21.4. The molecule has 15 rings (SSSR count). The van der Waals surface area contributed by atoms with Crippen molar-refractivity contribution >= 4 is 128 Å². The van der Waals surface area contributed by atoms with Gasteiger partial charge in [-0.3, -0.25) is 14.4 Å². The minimum atomic E-state index is 0.208. The number of pyridine rings is 3. The summed E-state index contributed by atoms with van der Waals surface area (Å²) in [6.07, 6.45) is 31.8. The maximum atomic E-state index is 13.3. The molecule has 3 fully saturated rings. The summed E-state index contributed by atoms with van der Waals surface area (Å²) in [5.74, 6) is 4.86. The van der Waals surface area contributed by atoms with Crippen LogP contribution in [0.3, 0.4) is 0 Å². The van der Waals surface area contributed by atoms with Gasteiger partial charge in [0.1, 0.15) is 17.5 Å². The van der Waals surface area contributed by atoms with Crippen molar-refractivity contribution in [2.45, 2.75) is 117 Å². The van der Waals surface area contributed by atoms with Crippen molar-refractivity contribution in [3.05, 3.63) is 218 Å². The van der Waals surface area contributed by atoms with Crippen molar-refractivity contribution in [1.29, 1.82) is 0 Å². The Hall–Kier alpha value is -8.93. The van der Waals surface area contributed by atoms with Crippen molar-refractivity contribution in [2.75, 3.05) is 103 Å². The third-order valence-corrected chi connectivity index (χ3v) is 24.0. The smallest absolute Gasteiger partial charge is 0.186 e. The fraction of sp³-hybridized carbons (Fsp3) is 0.393. The van der Waals surface area contributed by atoms with E-state index in [0.29, 0.717) is 37.0 Å². The molecule has 554 valence electrons. The minimum absolute atomic E-state index is 0.208. The van der Waals surface area contributed by atoms with E-state index >= 15 is 0 Å². The average molecular weight is 1540 g/mol. The van der Waals surface area contributed by atoms with Crippen LogP contribution in [0.4, 0.5) is 27.7 Å². The molecule has 3 atom stereocenters. The van der Waals surface area contributed by atoms with Gasteiger partial charge in [0.15, 0.2) is 31.5 Å².